The molecule has 1 amide bonds. The number of rotatable bonds is 20. The van der Waals surface area contributed by atoms with E-state index in [1.54, 1.807) is 19.2 Å². The first-order valence-electron chi connectivity index (χ1n) is 23.6. The van der Waals surface area contributed by atoms with Crippen LogP contribution in [-0.4, -0.2) is 152 Å². The summed E-state index contributed by atoms with van der Waals surface area (Å²) < 4.78 is 97.8. The Hall–Kier alpha value is -3.89. The van der Waals surface area contributed by atoms with Crippen molar-refractivity contribution in [2.24, 2.45) is 5.41 Å². The largest absolute Gasteiger partial charge is 0.501 e. The highest BCUT2D eigenvalue weighted by Crippen LogP contribution is 2.44. The Bertz CT molecular complexity index is 2660. The molecule has 388 valence electrons. The van der Waals surface area contributed by atoms with Crippen molar-refractivity contribution in [3.63, 3.8) is 0 Å². The zero-order chi connectivity index (χ0) is 50.1. The van der Waals surface area contributed by atoms with Gasteiger partial charge in [0, 0.05) is 105 Å². The van der Waals surface area contributed by atoms with E-state index in [4.69, 9.17) is 11.6 Å². The second-order valence-corrected chi connectivity index (χ2v) is 23.9. The average molecular weight is 1080 g/mol. The number of sulfonamides is 1. The zero-order valence-electron chi connectivity index (χ0n) is 40.0. The summed E-state index contributed by atoms with van der Waals surface area (Å²) in [5.41, 5.74) is -1.12. The van der Waals surface area contributed by atoms with E-state index in [-0.39, 0.29) is 30.0 Å². The van der Waals surface area contributed by atoms with E-state index in [1.807, 2.05) is 52.1 Å². The van der Waals surface area contributed by atoms with E-state index in [1.165, 1.54) is 40.6 Å². The molecule has 4 N–H and O–H groups in total. The van der Waals surface area contributed by atoms with E-state index < -0.39 is 52.8 Å². The molecule has 13 nitrogen and oxygen atoms in total. The van der Waals surface area contributed by atoms with Gasteiger partial charge in [-0.2, -0.15) is 13.2 Å². The van der Waals surface area contributed by atoms with Crippen molar-refractivity contribution in [2.45, 2.75) is 58.8 Å². The number of sulfone groups is 1. The standard InChI is InChI=1S/C50H63ClF3N7O6S3.ClH/c1-49(36-60-24-21-55-22-25-60)20-18-45(37-8-12-40(51)13-9-37)39(33-49)34-59-26-28-61(29-27-59)42-14-10-38(11-15-42)48(63)57-70(66,67)44-16-17-46(47(32-44)69(64,65)50(52,53)54)56-41(19-23-58(2)30-31-62)35-68-43-6-4-3-5-7-43;/h3-17,32,41,55-56,62H,18-31,33-36H2,1-2H3,(H,57,63);1H/t41-,49-;/m1./s1. The van der Waals surface area contributed by atoms with Gasteiger partial charge >= 0.3 is 5.51 Å². The number of thioether (sulfide) groups is 1. The number of halogens is 5. The number of carbonyl (C=O) groups is 1. The number of aliphatic hydroxyl groups excluding tert-OH is 1. The average Bonchev–Trinajstić information content (AvgIpc) is 3.33. The lowest BCUT2D eigenvalue weighted by Crippen LogP contribution is -2.49. The molecule has 2 fully saturated rings. The highest BCUT2D eigenvalue weighted by molar-refractivity contribution is 7.99. The Balaban J connectivity index is 0.00000825. The van der Waals surface area contributed by atoms with Gasteiger partial charge in [0.1, 0.15) is 4.90 Å². The number of nitrogens with zero attached hydrogens (tertiary/aromatic N) is 4. The highest BCUT2D eigenvalue weighted by Gasteiger charge is 2.48. The lowest BCUT2D eigenvalue weighted by molar-refractivity contribution is -0.0435. The molecule has 3 aliphatic rings. The van der Waals surface area contributed by atoms with Crippen molar-refractivity contribution in [2.75, 3.05) is 108 Å². The predicted molar refractivity (Wildman–Crippen MR) is 280 cm³/mol. The number of piperazine rings is 2. The summed E-state index contributed by atoms with van der Waals surface area (Å²) >= 11 is 7.68. The monoisotopic (exact) mass is 1080 g/mol. The number of benzene rings is 4. The van der Waals surface area contributed by atoms with Gasteiger partial charge in [0.25, 0.3) is 25.8 Å². The van der Waals surface area contributed by atoms with Gasteiger partial charge in [0.05, 0.1) is 17.2 Å². The first-order valence-corrected chi connectivity index (χ1v) is 27.9. The molecule has 0 spiro atoms. The third-order valence-corrected chi connectivity index (χ3v) is 17.6. The fraction of sp³-hybridized carbons (Fsp3) is 0.460. The smallest absolute Gasteiger partial charge is 0.395 e. The Morgan fingerprint density at radius 1 is 0.901 bits per heavy atom. The third kappa shape index (κ3) is 15.1. The van der Waals surface area contributed by atoms with Crippen LogP contribution in [0.15, 0.2) is 117 Å². The maximum absolute atomic E-state index is 14.2. The van der Waals surface area contributed by atoms with Gasteiger partial charge in [-0.05, 0) is 123 Å². The van der Waals surface area contributed by atoms with Crippen LogP contribution in [0.5, 0.6) is 0 Å². The number of likely N-dealkylation sites (N-methyl/N-ethyl adjacent to an activating group) is 1. The maximum Gasteiger partial charge on any atom is 0.501 e. The van der Waals surface area contributed by atoms with Crippen molar-refractivity contribution in [3.8, 4) is 0 Å². The minimum Gasteiger partial charge on any atom is -0.395 e. The van der Waals surface area contributed by atoms with Crippen LogP contribution in [0.2, 0.25) is 5.02 Å². The number of nitrogens with one attached hydrogen (secondary N) is 3. The number of aliphatic hydroxyl groups is 1. The lowest BCUT2D eigenvalue weighted by Gasteiger charge is -2.43. The third-order valence-electron chi connectivity index (χ3n) is 13.3. The van der Waals surface area contributed by atoms with Gasteiger partial charge < -0.3 is 30.4 Å². The number of allylic oxidation sites excluding steroid dienone is 1. The molecule has 2 atom stereocenters. The predicted octanol–water partition coefficient (Wildman–Crippen LogP) is 7.73. The van der Waals surface area contributed by atoms with Crippen LogP contribution in [0.4, 0.5) is 24.5 Å². The second-order valence-electron chi connectivity index (χ2n) is 18.7. The van der Waals surface area contributed by atoms with Crippen molar-refractivity contribution in [1.29, 1.82) is 0 Å². The molecule has 2 heterocycles. The molecule has 0 unspecified atom stereocenters. The Labute approximate surface area is 431 Å². The van der Waals surface area contributed by atoms with Crippen LogP contribution in [0.25, 0.3) is 5.57 Å². The molecule has 0 saturated carbocycles. The summed E-state index contributed by atoms with van der Waals surface area (Å²) in [6, 6.07) is 25.6. The minimum atomic E-state index is -6.08. The molecule has 4 aromatic carbocycles. The minimum absolute atomic E-state index is 0. The number of alkyl halides is 3. The molecule has 2 aliphatic heterocycles. The molecule has 4 aromatic rings. The molecular weight excluding hydrogens is 1020 g/mol. The summed E-state index contributed by atoms with van der Waals surface area (Å²) in [4.78, 5) is 21.3. The molecule has 0 aromatic heterocycles. The highest BCUT2D eigenvalue weighted by atomic mass is 35.5. The van der Waals surface area contributed by atoms with Crippen molar-refractivity contribution in [3.05, 3.63) is 119 Å². The number of hydrogen-bond donors (Lipinski definition) is 4. The second kappa shape index (κ2) is 24.9. The summed E-state index contributed by atoms with van der Waals surface area (Å²) in [7, 11) is -9.19. The number of amides is 1. The number of anilines is 2. The van der Waals surface area contributed by atoms with Gasteiger partial charge in [-0.15, -0.1) is 24.2 Å². The van der Waals surface area contributed by atoms with Crippen LogP contribution in [0, 0.1) is 5.41 Å². The SMILES string of the molecule is CN(CCO)CC[C@H](CSc1ccccc1)Nc1ccc(S(=O)(=O)NC(=O)c2ccc(N3CCN(CC4=C(c5ccc(Cl)cc5)CC[C@@](C)(CN5CCNCC5)C4)CC3)cc2)cc1S(=O)(=O)C(F)(F)F.Cl. The molecule has 0 bridgehead atoms. The Kier molecular flexibility index (Phi) is 19.8. The van der Waals surface area contributed by atoms with Gasteiger partial charge in [0.2, 0.25) is 0 Å². The fourth-order valence-electron chi connectivity index (χ4n) is 9.43. The van der Waals surface area contributed by atoms with Gasteiger partial charge in [-0.1, -0.05) is 54.4 Å². The van der Waals surface area contributed by atoms with Gasteiger partial charge in [0.15, 0.2) is 0 Å². The van der Waals surface area contributed by atoms with Crippen molar-refractivity contribution < 1.29 is 39.9 Å². The summed E-state index contributed by atoms with van der Waals surface area (Å²) in [6.07, 6.45) is 3.49. The molecule has 21 heteroatoms. The zero-order valence-corrected chi connectivity index (χ0v) is 44.0. The van der Waals surface area contributed by atoms with Gasteiger partial charge in [-0.25, -0.2) is 21.6 Å². The molecule has 7 rings (SSSR count). The van der Waals surface area contributed by atoms with Crippen LogP contribution >= 0.6 is 35.8 Å². The van der Waals surface area contributed by atoms with Crippen LogP contribution < -0.4 is 20.3 Å². The Morgan fingerprint density at radius 2 is 1.58 bits per heavy atom. The van der Waals surface area contributed by atoms with Crippen LogP contribution in [0.3, 0.4) is 0 Å². The molecule has 2 saturated heterocycles. The summed E-state index contributed by atoms with van der Waals surface area (Å²) in [5, 5.41) is 16.5. The lowest BCUT2D eigenvalue weighted by atomic mass is 9.71. The molecule has 0 radical (unpaired) electrons. The Morgan fingerprint density at radius 3 is 2.23 bits per heavy atom. The maximum atomic E-state index is 14.2. The first kappa shape index (κ1) is 56.4. The summed E-state index contributed by atoms with van der Waals surface area (Å²) in [5.74, 6) is -0.722. The van der Waals surface area contributed by atoms with Gasteiger partial charge in [-0.3, -0.25) is 9.69 Å². The van der Waals surface area contributed by atoms with Crippen molar-refractivity contribution in [1.82, 2.24) is 24.7 Å². The van der Waals surface area contributed by atoms with Crippen LogP contribution in [0.1, 0.15) is 48.5 Å². The van der Waals surface area contributed by atoms with E-state index in [9.17, 15) is 39.9 Å². The van der Waals surface area contributed by atoms with E-state index in [0.29, 0.717) is 36.4 Å². The molecule has 71 heavy (non-hydrogen) atoms. The summed E-state index contributed by atoms with van der Waals surface area (Å²) in [6.45, 7) is 12.2. The fourth-order valence-corrected chi connectivity index (χ4v) is 12.6. The van der Waals surface area contributed by atoms with E-state index in [2.05, 4.69) is 44.4 Å². The number of hydrogen-bond acceptors (Lipinski definition) is 13. The van der Waals surface area contributed by atoms with Crippen LogP contribution in [-0.2, 0) is 19.9 Å². The molecular formula is C50H64Cl2F3N7O6S3. The van der Waals surface area contributed by atoms with E-state index >= 15 is 0 Å². The quantitative estimate of drug-likeness (QED) is 0.0640. The van der Waals surface area contributed by atoms with E-state index in [0.717, 1.165) is 107 Å². The van der Waals surface area contributed by atoms with Crippen molar-refractivity contribution >= 4 is 78.5 Å². The molecule has 1 aliphatic carbocycles. The first-order chi connectivity index (χ1) is 33.3. The number of carbonyl (C=O) groups excluding carboxylic acids is 1. The normalized spacial score (nSPS) is 19.1. The topological polar surface area (TPSA) is 155 Å².